The molecular weight excluding hydrogens is 318 g/mol. The molecule has 0 aliphatic heterocycles. The highest BCUT2D eigenvalue weighted by Gasteiger charge is 2.17. The van der Waals surface area contributed by atoms with Crippen LogP contribution in [0.1, 0.15) is 47.4 Å². The molecule has 0 spiro atoms. The monoisotopic (exact) mass is 339 g/mol. The van der Waals surface area contributed by atoms with Gasteiger partial charge in [0.1, 0.15) is 5.01 Å². The van der Waals surface area contributed by atoms with Crippen LogP contribution in [0.25, 0.3) is 0 Å². The van der Waals surface area contributed by atoms with Crippen LogP contribution in [-0.2, 0) is 18.5 Å². The second-order valence-corrected chi connectivity index (χ2v) is 6.90. The van der Waals surface area contributed by atoms with Crippen molar-refractivity contribution in [1.82, 2.24) is 10.3 Å². The highest BCUT2D eigenvalue weighted by Crippen LogP contribution is 2.23. The zero-order valence-electron chi connectivity index (χ0n) is 13.1. The maximum Gasteiger partial charge on any atom is 0.251 e. The fraction of sp³-hybridized carbons (Fsp3) is 0.375. The minimum absolute atomic E-state index is 0. The Balaban J connectivity index is 0.00000242. The first kappa shape index (κ1) is 18.6. The van der Waals surface area contributed by atoms with E-state index in [1.807, 2.05) is 12.1 Å². The molecule has 4 nitrogen and oxygen atoms in total. The van der Waals surface area contributed by atoms with Gasteiger partial charge in [0.2, 0.25) is 0 Å². The third-order valence-corrected chi connectivity index (χ3v) is 4.02. The van der Waals surface area contributed by atoms with Crippen molar-refractivity contribution in [2.75, 3.05) is 0 Å². The summed E-state index contributed by atoms with van der Waals surface area (Å²) >= 11 is 1.58. The average molecular weight is 340 g/mol. The van der Waals surface area contributed by atoms with E-state index in [1.54, 1.807) is 23.5 Å². The number of hydrogen-bond acceptors (Lipinski definition) is 4. The van der Waals surface area contributed by atoms with Crippen molar-refractivity contribution in [3.05, 3.63) is 51.5 Å². The van der Waals surface area contributed by atoms with Gasteiger partial charge >= 0.3 is 0 Å². The van der Waals surface area contributed by atoms with Gasteiger partial charge in [-0.2, -0.15) is 0 Å². The first-order chi connectivity index (χ1) is 9.90. The van der Waals surface area contributed by atoms with Crippen molar-refractivity contribution in [2.45, 2.75) is 39.3 Å². The van der Waals surface area contributed by atoms with Crippen LogP contribution in [-0.4, -0.2) is 10.9 Å². The van der Waals surface area contributed by atoms with Crippen LogP contribution < -0.4 is 11.1 Å². The Morgan fingerprint density at radius 2 is 1.91 bits per heavy atom. The molecule has 0 aliphatic carbocycles. The molecule has 120 valence electrons. The molecule has 0 unspecified atom stereocenters. The maximum atomic E-state index is 12.1. The molecule has 0 aliphatic rings. The predicted molar refractivity (Wildman–Crippen MR) is 93.6 cm³/mol. The molecule has 6 heteroatoms. The fourth-order valence-corrected chi connectivity index (χ4v) is 2.75. The smallest absolute Gasteiger partial charge is 0.251 e. The van der Waals surface area contributed by atoms with Crippen LogP contribution in [0.5, 0.6) is 0 Å². The van der Waals surface area contributed by atoms with Crippen molar-refractivity contribution in [3.63, 3.8) is 0 Å². The predicted octanol–water partition coefficient (Wildman–Crippen LogP) is 3.25. The molecule has 2 aromatic rings. The van der Waals surface area contributed by atoms with Crippen LogP contribution in [0.15, 0.2) is 29.6 Å². The molecule has 1 amide bonds. The van der Waals surface area contributed by atoms with E-state index in [1.165, 1.54) is 0 Å². The van der Waals surface area contributed by atoms with Gasteiger partial charge in [0.15, 0.2) is 0 Å². The largest absolute Gasteiger partial charge is 0.346 e. The van der Waals surface area contributed by atoms with Gasteiger partial charge in [0.25, 0.3) is 5.91 Å². The number of nitrogens with two attached hydrogens (primary N) is 1. The Morgan fingerprint density at radius 1 is 1.27 bits per heavy atom. The minimum Gasteiger partial charge on any atom is -0.346 e. The molecule has 2 rings (SSSR count). The summed E-state index contributed by atoms with van der Waals surface area (Å²) in [4.78, 5) is 16.6. The minimum atomic E-state index is -0.0916. The number of amides is 1. The van der Waals surface area contributed by atoms with E-state index in [4.69, 9.17) is 5.73 Å². The van der Waals surface area contributed by atoms with E-state index in [0.717, 1.165) is 16.3 Å². The number of halogens is 1. The van der Waals surface area contributed by atoms with Crippen LogP contribution >= 0.6 is 23.7 Å². The van der Waals surface area contributed by atoms with E-state index in [2.05, 4.69) is 36.5 Å². The Bertz CT molecular complexity index is 617. The number of nitrogens with zero attached hydrogens (tertiary/aromatic N) is 1. The molecule has 0 saturated heterocycles. The van der Waals surface area contributed by atoms with Crippen molar-refractivity contribution < 1.29 is 4.79 Å². The van der Waals surface area contributed by atoms with Gasteiger partial charge in [-0.05, 0) is 17.7 Å². The number of aromatic nitrogens is 1. The van der Waals surface area contributed by atoms with E-state index in [9.17, 15) is 4.79 Å². The Morgan fingerprint density at radius 3 is 2.41 bits per heavy atom. The number of nitrogens with one attached hydrogen (secondary N) is 1. The van der Waals surface area contributed by atoms with Gasteiger partial charge in [-0.25, -0.2) is 4.98 Å². The molecule has 0 saturated carbocycles. The van der Waals surface area contributed by atoms with Crippen molar-refractivity contribution >= 4 is 29.7 Å². The lowest BCUT2D eigenvalue weighted by Gasteiger charge is -2.14. The van der Waals surface area contributed by atoms with Crippen molar-refractivity contribution in [3.8, 4) is 0 Å². The van der Waals surface area contributed by atoms with E-state index < -0.39 is 0 Å². The molecular formula is C16H22ClN3OS. The van der Waals surface area contributed by atoms with Crippen LogP contribution in [0, 0.1) is 0 Å². The molecule has 1 heterocycles. The van der Waals surface area contributed by atoms with Gasteiger partial charge in [-0.15, -0.1) is 23.7 Å². The summed E-state index contributed by atoms with van der Waals surface area (Å²) in [6.07, 6.45) is 0. The molecule has 1 aromatic carbocycles. The molecule has 0 atom stereocenters. The Kier molecular flexibility index (Phi) is 6.53. The molecule has 3 N–H and O–H groups in total. The topological polar surface area (TPSA) is 68.0 Å². The summed E-state index contributed by atoms with van der Waals surface area (Å²) in [6.45, 7) is 7.32. The first-order valence-electron chi connectivity index (χ1n) is 6.92. The van der Waals surface area contributed by atoms with Crippen LogP contribution in [0.4, 0.5) is 0 Å². The number of thiazole rings is 1. The number of carbonyl (C=O) groups is 1. The Hall–Kier alpha value is -1.43. The lowest BCUT2D eigenvalue weighted by Crippen LogP contribution is -2.23. The van der Waals surface area contributed by atoms with Crippen LogP contribution in [0.3, 0.4) is 0 Å². The average Bonchev–Trinajstić information content (AvgIpc) is 2.94. The highest BCUT2D eigenvalue weighted by molar-refractivity contribution is 7.09. The molecule has 0 bridgehead atoms. The van der Waals surface area contributed by atoms with Crippen LogP contribution in [0.2, 0.25) is 0 Å². The molecule has 1 aromatic heterocycles. The quantitative estimate of drug-likeness (QED) is 0.898. The summed E-state index contributed by atoms with van der Waals surface area (Å²) in [5.74, 6) is -0.0916. The van der Waals surface area contributed by atoms with E-state index in [-0.39, 0.29) is 23.7 Å². The van der Waals surface area contributed by atoms with Crippen molar-refractivity contribution in [1.29, 1.82) is 0 Å². The van der Waals surface area contributed by atoms with Gasteiger partial charge in [-0.1, -0.05) is 32.9 Å². The van der Waals surface area contributed by atoms with Crippen molar-refractivity contribution in [2.24, 2.45) is 5.73 Å². The normalized spacial score (nSPS) is 10.9. The first-order valence-corrected chi connectivity index (χ1v) is 7.80. The number of carbonyl (C=O) groups excluding carboxylic acids is 1. The summed E-state index contributed by atoms with van der Waals surface area (Å²) in [5, 5.41) is 5.87. The number of rotatable bonds is 4. The summed E-state index contributed by atoms with van der Waals surface area (Å²) < 4.78 is 0. The Labute approximate surface area is 141 Å². The maximum absolute atomic E-state index is 12.1. The van der Waals surface area contributed by atoms with E-state index in [0.29, 0.717) is 18.7 Å². The number of hydrogen-bond donors (Lipinski definition) is 2. The van der Waals surface area contributed by atoms with Gasteiger partial charge in [0, 0.05) is 22.9 Å². The lowest BCUT2D eigenvalue weighted by molar-refractivity contribution is 0.0951. The molecule has 22 heavy (non-hydrogen) atoms. The summed E-state index contributed by atoms with van der Waals surface area (Å²) in [6, 6.07) is 7.33. The summed E-state index contributed by atoms with van der Waals surface area (Å²) in [5.41, 5.74) is 8.29. The SMILES string of the molecule is CC(C)(C)c1csc(CNC(=O)c2ccc(CN)cc2)n1.Cl. The zero-order valence-corrected chi connectivity index (χ0v) is 14.7. The summed E-state index contributed by atoms with van der Waals surface area (Å²) in [7, 11) is 0. The third kappa shape index (κ3) is 4.80. The molecule has 0 fully saturated rings. The highest BCUT2D eigenvalue weighted by atomic mass is 35.5. The second kappa shape index (κ2) is 7.72. The lowest BCUT2D eigenvalue weighted by atomic mass is 9.93. The van der Waals surface area contributed by atoms with E-state index >= 15 is 0 Å². The fourth-order valence-electron chi connectivity index (χ4n) is 1.79. The number of benzene rings is 1. The standard InChI is InChI=1S/C16H21N3OS.ClH/c1-16(2,3)13-10-21-14(19-13)9-18-15(20)12-6-4-11(8-17)5-7-12;/h4-7,10H,8-9,17H2,1-3H3,(H,18,20);1H. The van der Waals surface area contributed by atoms with Gasteiger partial charge < -0.3 is 11.1 Å². The van der Waals surface area contributed by atoms with Gasteiger partial charge in [0.05, 0.1) is 12.2 Å². The zero-order chi connectivity index (χ0) is 15.5. The molecule has 0 radical (unpaired) electrons. The second-order valence-electron chi connectivity index (χ2n) is 5.96. The third-order valence-electron chi connectivity index (χ3n) is 3.17. The van der Waals surface area contributed by atoms with Gasteiger partial charge in [-0.3, -0.25) is 4.79 Å².